The summed E-state index contributed by atoms with van der Waals surface area (Å²) in [6.07, 6.45) is 1.78. The molecule has 2 rings (SSSR count). The molecular weight excluding hydrogens is 282 g/mol. The fourth-order valence-corrected chi connectivity index (χ4v) is 2.19. The Balaban J connectivity index is 2.10. The minimum Gasteiger partial charge on any atom is -0.497 e. The number of amides is 1. The molecule has 1 aromatic carbocycles. The molecule has 118 valence electrons. The predicted molar refractivity (Wildman–Crippen MR) is 83.4 cm³/mol. The van der Waals surface area contributed by atoms with Crippen LogP contribution < -0.4 is 14.8 Å². The molecule has 1 N–H and O–H groups in total. The Morgan fingerprint density at radius 1 is 1.23 bits per heavy atom. The fraction of sp³-hybridized carbons (Fsp3) is 0.375. The second-order valence-electron chi connectivity index (χ2n) is 4.85. The van der Waals surface area contributed by atoms with Gasteiger partial charge in [0.25, 0.3) is 5.91 Å². The number of nitrogens with zero attached hydrogens (tertiary/aromatic N) is 2. The highest BCUT2D eigenvalue weighted by atomic mass is 16.5. The zero-order valence-corrected chi connectivity index (χ0v) is 13.3. The van der Waals surface area contributed by atoms with Gasteiger partial charge in [0.15, 0.2) is 0 Å². The van der Waals surface area contributed by atoms with Crippen LogP contribution in [0.1, 0.15) is 28.5 Å². The number of aromatic nitrogens is 2. The van der Waals surface area contributed by atoms with E-state index in [9.17, 15) is 4.79 Å². The van der Waals surface area contributed by atoms with Gasteiger partial charge in [-0.15, -0.1) is 0 Å². The highest BCUT2D eigenvalue weighted by Crippen LogP contribution is 2.22. The molecule has 1 amide bonds. The molecule has 0 saturated carbocycles. The van der Waals surface area contributed by atoms with Crippen LogP contribution in [0, 0.1) is 6.92 Å². The molecule has 0 aliphatic heterocycles. The number of methoxy groups -OCH3 is 2. The second-order valence-corrected chi connectivity index (χ2v) is 4.85. The average Bonchev–Trinajstić information content (AvgIpc) is 2.91. The first-order chi connectivity index (χ1) is 10.6. The number of hydrogen-bond acceptors (Lipinski definition) is 4. The normalized spacial score (nSPS) is 10.4. The van der Waals surface area contributed by atoms with E-state index >= 15 is 0 Å². The smallest absolute Gasteiger partial charge is 0.251 e. The summed E-state index contributed by atoms with van der Waals surface area (Å²) in [5.41, 5.74) is 2.56. The Bertz CT molecular complexity index is 642. The zero-order chi connectivity index (χ0) is 16.1. The summed E-state index contributed by atoms with van der Waals surface area (Å²) >= 11 is 0. The van der Waals surface area contributed by atoms with Crippen LogP contribution in [-0.2, 0) is 13.1 Å². The van der Waals surface area contributed by atoms with E-state index in [1.165, 1.54) is 0 Å². The van der Waals surface area contributed by atoms with E-state index in [-0.39, 0.29) is 5.91 Å². The number of carbonyl (C=O) groups excluding carboxylic acids is 1. The average molecular weight is 303 g/mol. The molecule has 1 heterocycles. The van der Waals surface area contributed by atoms with E-state index in [0.29, 0.717) is 23.6 Å². The zero-order valence-electron chi connectivity index (χ0n) is 13.3. The Kier molecular flexibility index (Phi) is 5.04. The van der Waals surface area contributed by atoms with E-state index in [1.54, 1.807) is 38.6 Å². The first-order valence-electron chi connectivity index (χ1n) is 7.11. The number of carbonyl (C=O) groups is 1. The van der Waals surface area contributed by atoms with Gasteiger partial charge in [-0.05, 0) is 26.0 Å². The van der Waals surface area contributed by atoms with Crippen molar-refractivity contribution in [2.75, 3.05) is 14.2 Å². The maximum Gasteiger partial charge on any atom is 0.251 e. The summed E-state index contributed by atoms with van der Waals surface area (Å²) in [7, 11) is 3.11. The van der Waals surface area contributed by atoms with Crippen LogP contribution in [0.15, 0.2) is 24.4 Å². The van der Waals surface area contributed by atoms with Gasteiger partial charge >= 0.3 is 0 Å². The van der Waals surface area contributed by atoms with Gasteiger partial charge < -0.3 is 14.8 Å². The molecule has 0 radical (unpaired) electrons. The number of ether oxygens (including phenoxy) is 2. The van der Waals surface area contributed by atoms with Crippen molar-refractivity contribution < 1.29 is 14.3 Å². The summed E-state index contributed by atoms with van der Waals surface area (Å²) in [6.45, 7) is 5.27. The molecule has 0 atom stereocenters. The van der Waals surface area contributed by atoms with Gasteiger partial charge in [0.1, 0.15) is 11.5 Å². The van der Waals surface area contributed by atoms with Crippen LogP contribution in [0.2, 0.25) is 0 Å². The van der Waals surface area contributed by atoms with Gasteiger partial charge in [-0.2, -0.15) is 5.10 Å². The maximum atomic E-state index is 12.3. The Labute approximate surface area is 130 Å². The quantitative estimate of drug-likeness (QED) is 0.888. The SMILES string of the molecule is CCn1ncc(CNC(=O)c2cc(OC)cc(OC)c2)c1C. The lowest BCUT2D eigenvalue weighted by Gasteiger charge is -2.09. The van der Waals surface area contributed by atoms with Crippen LogP contribution in [0.3, 0.4) is 0 Å². The molecule has 0 aliphatic carbocycles. The van der Waals surface area contributed by atoms with Gasteiger partial charge in [0.05, 0.1) is 20.4 Å². The van der Waals surface area contributed by atoms with Gasteiger partial charge in [0, 0.05) is 36.0 Å². The van der Waals surface area contributed by atoms with Crippen LogP contribution >= 0.6 is 0 Å². The predicted octanol–water partition coefficient (Wildman–Crippen LogP) is 2.16. The van der Waals surface area contributed by atoms with Crippen LogP contribution in [-0.4, -0.2) is 29.9 Å². The lowest BCUT2D eigenvalue weighted by molar-refractivity contribution is 0.0950. The van der Waals surface area contributed by atoms with E-state index in [0.717, 1.165) is 17.8 Å². The molecule has 0 unspecified atom stereocenters. The molecule has 0 aliphatic rings. The summed E-state index contributed by atoms with van der Waals surface area (Å²) in [4.78, 5) is 12.3. The van der Waals surface area contributed by atoms with Crippen LogP contribution in [0.5, 0.6) is 11.5 Å². The third-order valence-corrected chi connectivity index (χ3v) is 3.56. The molecular formula is C16H21N3O3. The third kappa shape index (κ3) is 3.39. The second kappa shape index (κ2) is 6.98. The van der Waals surface area contributed by atoms with Crippen molar-refractivity contribution in [3.8, 4) is 11.5 Å². The summed E-state index contributed by atoms with van der Waals surface area (Å²) in [5, 5.41) is 7.16. The molecule has 6 nitrogen and oxygen atoms in total. The molecule has 0 bridgehead atoms. The van der Waals surface area contributed by atoms with Crippen molar-refractivity contribution in [2.45, 2.75) is 26.9 Å². The minimum atomic E-state index is -0.180. The molecule has 0 spiro atoms. The number of rotatable bonds is 6. The van der Waals surface area contributed by atoms with E-state index < -0.39 is 0 Å². The number of benzene rings is 1. The summed E-state index contributed by atoms with van der Waals surface area (Å²) in [5.74, 6) is 0.986. The van der Waals surface area contributed by atoms with E-state index in [2.05, 4.69) is 10.4 Å². The van der Waals surface area contributed by atoms with E-state index in [1.807, 2.05) is 18.5 Å². The summed E-state index contributed by atoms with van der Waals surface area (Å²) in [6, 6.07) is 5.09. The fourth-order valence-electron chi connectivity index (χ4n) is 2.19. The number of hydrogen-bond donors (Lipinski definition) is 1. The Morgan fingerprint density at radius 3 is 2.36 bits per heavy atom. The summed E-state index contributed by atoms with van der Waals surface area (Å²) < 4.78 is 12.2. The van der Waals surface area contributed by atoms with Gasteiger partial charge in [-0.1, -0.05) is 0 Å². The molecule has 0 fully saturated rings. The van der Waals surface area contributed by atoms with Crippen molar-refractivity contribution >= 4 is 5.91 Å². The van der Waals surface area contributed by atoms with Gasteiger partial charge in [-0.3, -0.25) is 9.48 Å². The minimum absolute atomic E-state index is 0.180. The molecule has 6 heteroatoms. The topological polar surface area (TPSA) is 65.4 Å². The number of nitrogens with one attached hydrogen (secondary N) is 1. The molecule has 2 aromatic rings. The van der Waals surface area contributed by atoms with Crippen molar-refractivity contribution in [1.82, 2.24) is 15.1 Å². The van der Waals surface area contributed by atoms with Gasteiger partial charge in [-0.25, -0.2) is 0 Å². The van der Waals surface area contributed by atoms with Crippen molar-refractivity contribution in [3.05, 3.63) is 41.2 Å². The molecule has 22 heavy (non-hydrogen) atoms. The molecule has 0 saturated heterocycles. The van der Waals surface area contributed by atoms with Crippen LogP contribution in [0.4, 0.5) is 0 Å². The first kappa shape index (κ1) is 15.9. The van der Waals surface area contributed by atoms with Crippen molar-refractivity contribution in [3.63, 3.8) is 0 Å². The molecule has 1 aromatic heterocycles. The highest BCUT2D eigenvalue weighted by molar-refractivity contribution is 5.95. The van der Waals surface area contributed by atoms with Crippen molar-refractivity contribution in [2.24, 2.45) is 0 Å². The standard InChI is InChI=1S/C16H21N3O3/c1-5-19-11(2)13(10-18-19)9-17-16(20)12-6-14(21-3)8-15(7-12)22-4/h6-8,10H,5,9H2,1-4H3,(H,17,20). The number of aryl methyl sites for hydroxylation is 1. The Hall–Kier alpha value is -2.50. The van der Waals surface area contributed by atoms with E-state index in [4.69, 9.17) is 9.47 Å². The monoisotopic (exact) mass is 303 g/mol. The van der Waals surface area contributed by atoms with Crippen molar-refractivity contribution in [1.29, 1.82) is 0 Å². The van der Waals surface area contributed by atoms with Gasteiger partial charge in [0.2, 0.25) is 0 Å². The Morgan fingerprint density at radius 2 is 1.86 bits per heavy atom. The third-order valence-electron chi connectivity index (χ3n) is 3.56. The van der Waals surface area contributed by atoms with Crippen LogP contribution in [0.25, 0.3) is 0 Å². The lowest BCUT2D eigenvalue weighted by atomic mass is 10.1. The largest absolute Gasteiger partial charge is 0.497 e. The maximum absolute atomic E-state index is 12.3. The highest BCUT2D eigenvalue weighted by Gasteiger charge is 2.11. The first-order valence-corrected chi connectivity index (χ1v) is 7.11. The lowest BCUT2D eigenvalue weighted by Crippen LogP contribution is -2.23.